The van der Waals surface area contributed by atoms with Crippen molar-refractivity contribution in [3.63, 3.8) is 0 Å². The zero-order chi connectivity index (χ0) is 12.3. The molecule has 0 spiro atoms. The van der Waals surface area contributed by atoms with Gasteiger partial charge in [-0.2, -0.15) is 0 Å². The molecule has 1 aromatic rings. The van der Waals surface area contributed by atoms with Gasteiger partial charge >= 0.3 is 0 Å². The number of hydrogen-bond donors (Lipinski definition) is 2. The number of phenols is 1. The minimum atomic E-state index is -0.628. The Kier molecular flexibility index (Phi) is 3.91. The highest BCUT2D eigenvalue weighted by Gasteiger charge is 2.24. The zero-order valence-corrected chi connectivity index (χ0v) is 9.50. The molecule has 1 aliphatic heterocycles. The normalized spacial score (nSPS) is 19.2. The van der Waals surface area contributed by atoms with Crippen LogP contribution in [0.1, 0.15) is 11.6 Å². The smallest absolute Gasteiger partial charge is 0.123 e. The molecule has 0 radical (unpaired) electrons. The van der Waals surface area contributed by atoms with E-state index >= 15 is 0 Å². The first-order chi connectivity index (χ1) is 8.22. The quantitative estimate of drug-likeness (QED) is 0.842. The Morgan fingerprint density at radius 1 is 1.35 bits per heavy atom. The summed E-state index contributed by atoms with van der Waals surface area (Å²) in [7, 11) is 0. The summed E-state index contributed by atoms with van der Waals surface area (Å²) < 4.78 is 26.3. The topological polar surface area (TPSA) is 35.5 Å². The lowest BCUT2D eigenvalue weighted by Gasteiger charge is -2.33. The number of phenolic OH excluding ortho intramolecular Hbond substituents is 1. The zero-order valence-electron chi connectivity index (χ0n) is 9.50. The molecule has 2 rings (SSSR count). The number of halogens is 2. The standard InChI is InChI=1S/C12H16F2N2O/c13-8-11(16-5-3-15-4-6-16)10-7-9(14)1-2-12(10)17/h1-2,7,11,15,17H,3-6,8H2/t11-/m0/s1. The van der Waals surface area contributed by atoms with Gasteiger partial charge in [0.25, 0.3) is 0 Å². The number of alkyl halides is 1. The summed E-state index contributed by atoms with van der Waals surface area (Å²) in [6.07, 6.45) is 0. The third-order valence-electron chi connectivity index (χ3n) is 3.09. The third-order valence-corrected chi connectivity index (χ3v) is 3.09. The number of nitrogens with zero attached hydrogens (tertiary/aromatic N) is 1. The lowest BCUT2D eigenvalue weighted by atomic mass is 10.0. The summed E-state index contributed by atoms with van der Waals surface area (Å²) in [6.45, 7) is 2.34. The highest BCUT2D eigenvalue weighted by Crippen LogP contribution is 2.29. The number of hydrogen-bond acceptors (Lipinski definition) is 3. The molecule has 2 N–H and O–H groups in total. The number of piperazine rings is 1. The van der Waals surface area contributed by atoms with Crippen molar-refractivity contribution < 1.29 is 13.9 Å². The van der Waals surface area contributed by atoms with Crippen LogP contribution in [-0.4, -0.2) is 42.9 Å². The van der Waals surface area contributed by atoms with Gasteiger partial charge in [0, 0.05) is 31.7 Å². The van der Waals surface area contributed by atoms with Crippen LogP contribution < -0.4 is 5.32 Å². The second-order valence-electron chi connectivity index (χ2n) is 4.16. The molecule has 0 amide bonds. The van der Waals surface area contributed by atoms with Crippen molar-refractivity contribution in [3.8, 4) is 5.75 Å². The van der Waals surface area contributed by atoms with Gasteiger partial charge in [-0.15, -0.1) is 0 Å². The van der Waals surface area contributed by atoms with E-state index in [9.17, 15) is 13.9 Å². The molecule has 0 aromatic heterocycles. The van der Waals surface area contributed by atoms with E-state index in [1.165, 1.54) is 18.2 Å². The summed E-state index contributed by atoms with van der Waals surface area (Å²) in [6, 6.07) is 3.09. The Morgan fingerprint density at radius 3 is 2.71 bits per heavy atom. The van der Waals surface area contributed by atoms with Crippen LogP contribution in [0.4, 0.5) is 8.78 Å². The lowest BCUT2D eigenvalue weighted by Crippen LogP contribution is -2.45. The molecule has 0 aliphatic carbocycles. The fraction of sp³-hybridized carbons (Fsp3) is 0.500. The molecule has 0 saturated carbocycles. The predicted molar refractivity (Wildman–Crippen MR) is 61.2 cm³/mol. The first-order valence-electron chi connectivity index (χ1n) is 5.71. The van der Waals surface area contributed by atoms with E-state index in [-0.39, 0.29) is 5.75 Å². The van der Waals surface area contributed by atoms with Crippen molar-refractivity contribution >= 4 is 0 Å². The van der Waals surface area contributed by atoms with Gasteiger partial charge in [0.2, 0.25) is 0 Å². The van der Waals surface area contributed by atoms with Crippen LogP contribution in [0.5, 0.6) is 5.75 Å². The number of benzene rings is 1. The van der Waals surface area contributed by atoms with Gasteiger partial charge in [0.15, 0.2) is 0 Å². The molecule has 1 fully saturated rings. The minimum Gasteiger partial charge on any atom is -0.508 e. The molecule has 94 valence electrons. The van der Waals surface area contributed by atoms with Crippen molar-refractivity contribution in [2.24, 2.45) is 0 Å². The highest BCUT2D eigenvalue weighted by atomic mass is 19.1. The van der Waals surface area contributed by atoms with Gasteiger partial charge in [0.05, 0.1) is 6.04 Å². The second kappa shape index (κ2) is 5.42. The molecular formula is C12H16F2N2O. The van der Waals surface area contributed by atoms with Crippen molar-refractivity contribution in [2.45, 2.75) is 6.04 Å². The van der Waals surface area contributed by atoms with Gasteiger partial charge in [0.1, 0.15) is 18.2 Å². The van der Waals surface area contributed by atoms with Crippen molar-refractivity contribution in [1.29, 1.82) is 0 Å². The van der Waals surface area contributed by atoms with Crippen LogP contribution in [0, 0.1) is 5.82 Å². The van der Waals surface area contributed by atoms with Crippen molar-refractivity contribution in [1.82, 2.24) is 10.2 Å². The Bertz CT molecular complexity index is 381. The largest absolute Gasteiger partial charge is 0.508 e. The average molecular weight is 242 g/mol. The Hall–Kier alpha value is -1.20. The predicted octanol–water partition coefficient (Wildman–Crippen LogP) is 1.45. The van der Waals surface area contributed by atoms with E-state index in [1.807, 2.05) is 4.90 Å². The van der Waals surface area contributed by atoms with Crippen LogP contribution in [0.15, 0.2) is 18.2 Å². The first-order valence-corrected chi connectivity index (χ1v) is 5.71. The maximum atomic E-state index is 13.1. The molecule has 1 heterocycles. The molecule has 17 heavy (non-hydrogen) atoms. The van der Waals surface area contributed by atoms with Crippen molar-refractivity contribution in [3.05, 3.63) is 29.6 Å². The summed E-state index contributed by atoms with van der Waals surface area (Å²) >= 11 is 0. The number of aromatic hydroxyl groups is 1. The van der Waals surface area contributed by atoms with E-state index < -0.39 is 18.5 Å². The molecule has 1 saturated heterocycles. The minimum absolute atomic E-state index is 0.0485. The van der Waals surface area contributed by atoms with Gasteiger partial charge in [-0.25, -0.2) is 8.78 Å². The van der Waals surface area contributed by atoms with E-state index in [0.717, 1.165) is 13.1 Å². The lowest BCUT2D eigenvalue weighted by molar-refractivity contribution is 0.145. The van der Waals surface area contributed by atoms with Crippen LogP contribution in [0.2, 0.25) is 0 Å². The first kappa shape index (κ1) is 12.3. The van der Waals surface area contributed by atoms with E-state index in [1.54, 1.807) is 0 Å². The highest BCUT2D eigenvalue weighted by molar-refractivity contribution is 5.35. The summed E-state index contributed by atoms with van der Waals surface area (Å²) in [4.78, 5) is 1.92. The summed E-state index contributed by atoms with van der Waals surface area (Å²) in [5.41, 5.74) is 0.328. The summed E-state index contributed by atoms with van der Waals surface area (Å²) in [5.74, 6) is -0.501. The fourth-order valence-corrected chi connectivity index (χ4v) is 2.16. The number of nitrogens with one attached hydrogen (secondary N) is 1. The van der Waals surface area contributed by atoms with E-state index in [0.29, 0.717) is 18.7 Å². The van der Waals surface area contributed by atoms with Crippen LogP contribution in [0.25, 0.3) is 0 Å². The van der Waals surface area contributed by atoms with Crippen molar-refractivity contribution in [2.75, 3.05) is 32.9 Å². The van der Waals surface area contributed by atoms with Gasteiger partial charge in [-0.05, 0) is 18.2 Å². The molecule has 3 nitrogen and oxygen atoms in total. The monoisotopic (exact) mass is 242 g/mol. The maximum absolute atomic E-state index is 13.1. The average Bonchev–Trinajstić information content (AvgIpc) is 2.36. The number of rotatable bonds is 3. The van der Waals surface area contributed by atoms with Gasteiger partial charge in [-0.1, -0.05) is 0 Å². The molecule has 1 atom stereocenters. The maximum Gasteiger partial charge on any atom is 0.123 e. The van der Waals surface area contributed by atoms with Gasteiger partial charge in [-0.3, -0.25) is 4.90 Å². The Morgan fingerprint density at radius 2 is 2.06 bits per heavy atom. The molecule has 1 aliphatic rings. The molecule has 1 aromatic carbocycles. The van der Waals surface area contributed by atoms with Gasteiger partial charge < -0.3 is 10.4 Å². The second-order valence-corrected chi connectivity index (χ2v) is 4.16. The Balaban J connectivity index is 2.24. The van der Waals surface area contributed by atoms with Crippen LogP contribution in [-0.2, 0) is 0 Å². The fourth-order valence-electron chi connectivity index (χ4n) is 2.16. The molecule has 0 bridgehead atoms. The van der Waals surface area contributed by atoms with E-state index in [4.69, 9.17) is 0 Å². The Labute approximate surface area is 99.1 Å². The summed E-state index contributed by atoms with van der Waals surface area (Å²) in [5, 5.41) is 12.9. The van der Waals surface area contributed by atoms with Crippen LogP contribution in [0.3, 0.4) is 0 Å². The molecule has 0 unspecified atom stereocenters. The molecular weight excluding hydrogens is 226 g/mol. The SMILES string of the molecule is Oc1ccc(F)cc1[C@H](CF)N1CCNCC1. The van der Waals surface area contributed by atoms with E-state index in [2.05, 4.69) is 5.32 Å². The molecule has 5 heteroatoms. The third kappa shape index (κ3) is 2.73. The van der Waals surface area contributed by atoms with Crippen LogP contribution >= 0.6 is 0 Å².